The van der Waals surface area contributed by atoms with Crippen LogP contribution in [-0.4, -0.2) is 18.3 Å². The highest BCUT2D eigenvalue weighted by Crippen LogP contribution is 2.19. The zero-order valence-corrected chi connectivity index (χ0v) is 8.60. The Morgan fingerprint density at radius 1 is 1.06 bits per heavy atom. The van der Waals surface area contributed by atoms with Crippen LogP contribution in [0.1, 0.15) is 5.56 Å². The number of aliphatic imine (C=N–C) groups is 1. The number of rotatable bonds is 1. The molecule has 0 saturated heterocycles. The first-order valence-electron chi connectivity index (χ1n) is 5.17. The van der Waals surface area contributed by atoms with Gasteiger partial charge in [-0.3, -0.25) is 9.79 Å². The van der Waals surface area contributed by atoms with E-state index in [4.69, 9.17) is 0 Å². The van der Waals surface area contributed by atoms with Gasteiger partial charge in [-0.1, -0.05) is 42.5 Å². The van der Waals surface area contributed by atoms with Crippen molar-refractivity contribution in [2.45, 2.75) is 0 Å². The molecule has 0 unspecified atom stereocenters. The molecule has 2 aromatic carbocycles. The number of nitrogens with zero attached hydrogens (tertiary/aromatic N) is 1. The van der Waals surface area contributed by atoms with Gasteiger partial charge in [-0.15, -0.1) is 0 Å². The zero-order chi connectivity index (χ0) is 11.0. The molecule has 1 amide bonds. The molecule has 1 N–H and O–H groups in total. The maximum absolute atomic E-state index is 11.1. The summed E-state index contributed by atoms with van der Waals surface area (Å²) < 4.78 is 0. The SMILES string of the molecule is O=C1CN=C(c2cccc3ccccc23)N1. The van der Waals surface area contributed by atoms with Gasteiger partial charge < -0.3 is 5.32 Å². The Kier molecular flexibility index (Phi) is 1.96. The highest BCUT2D eigenvalue weighted by atomic mass is 16.2. The molecule has 3 heteroatoms. The van der Waals surface area contributed by atoms with Crippen LogP contribution in [-0.2, 0) is 4.79 Å². The van der Waals surface area contributed by atoms with Crippen molar-refractivity contribution < 1.29 is 4.79 Å². The molecule has 16 heavy (non-hydrogen) atoms. The molecule has 1 heterocycles. The number of amidine groups is 1. The number of nitrogens with one attached hydrogen (secondary N) is 1. The molecule has 1 aliphatic heterocycles. The minimum atomic E-state index is -0.0389. The van der Waals surface area contributed by atoms with Crippen LogP contribution in [0.3, 0.4) is 0 Å². The normalized spacial score (nSPS) is 15.0. The Labute approximate surface area is 92.8 Å². The van der Waals surface area contributed by atoms with E-state index in [-0.39, 0.29) is 12.5 Å². The first kappa shape index (κ1) is 9.09. The standard InChI is InChI=1S/C13H10N2O/c16-12-8-14-13(15-12)11-7-3-5-9-4-1-2-6-10(9)11/h1-7H,8H2,(H,14,15,16). The number of amides is 1. The fourth-order valence-electron chi connectivity index (χ4n) is 1.95. The first-order valence-corrected chi connectivity index (χ1v) is 5.17. The molecule has 3 rings (SSSR count). The average Bonchev–Trinajstić information content (AvgIpc) is 2.75. The van der Waals surface area contributed by atoms with Crippen LogP contribution in [0, 0.1) is 0 Å². The summed E-state index contributed by atoms with van der Waals surface area (Å²) in [6, 6.07) is 14.1. The van der Waals surface area contributed by atoms with E-state index in [2.05, 4.69) is 22.4 Å². The predicted molar refractivity (Wildman–Crippen MR) is 63.5 cm³/mol. The third kappa shape index (κ3) is 1.37. The van der Waals surface area contributed by atoms with Gasteiger partial charge in [0.2, 0.25) is 5.91 Å². The van der Waals surface area contributed by atoms with Crippen LogP contribution in [0.15, 0.2) is 47.5 Å². The average molecular weight is 210 g/mol. The molecular formula is C13H10N2O. The van der Waals surface area contributed by atoms with Gasteiger partial charge in [0.1, 0.15) is 12.4 Å². The van der Waals surface area contributed by atoms with E-state index in [1.807, 2.05) is 30.3 Å². The van der Waals surface area contributed by atoms with Crippen LogP contribution in [0.5, 0.6) is 0 Å². The number of fused-ring (bicyclic) bond motifs is 1. The molecule has 0 aliphatic carbocycles. The van der Waals surface area contributed by atoms with Crippen LogP contribution in [0.2, 0.25) is 0 Å². The van der Waals surface area contributed by atoms with Crippen molar-refractivity contribution in [3.05, 3.63) is 48.0 Å². The van der Waals surface area contributed by atoms with Gasteiger partial charge in [-0.05, 0) is 10.8 Å². The van der Waals surface area contributed by atoms with E-state index in [0.29, 0.717) is 5.84 Å². The van der Waals surface area contributed by atoms with Crippen LogP contribution in [0.25, 0.3) is 10.8 Å². The summed E-state index contributed by atoms with van der Waals surface area (Å²) in [5.41, 5.74) is 0.990. The van der Waals surface area contributed by atoms with Gasteiger partial charge in [0.05, 0.1) is 0 Å². The second-order valence-electron chi connectivity index (χ2n) is 3.74. The molecule has 1 aliphatic rings. The van der Waals surface area contributed by atoms with Crippen LogP contribution in [0.4, 0.5) is 0 Å². The van der Waals surface area contributed by atoms with Crippen molar-refractivity contribution in [2.24, 2.45) is 4.99 Å². The molecule has 3 nitrogen and oxygen atoms in total. The Hall–Kier alpha value is -2.16. The van der Waals surface area contributed by atoms with Crippen molar-refractivity contribution in [1.29, 1.82) is 0 Å². The van der Waals surface area contributed by atoms with Gasteiger partial charge in [0.15, 0.2) is 0 Å². The van der Waals surface area contributed by atoms with E-state index in [1.165, 1.54) is 0 Å². The fourth-order valence-corrected chi connectivity index (χ4v) is 1.95. The van der Waals surface area contributed by atoms with E-state index < -0.39 is 0 Å². The summed E-state index contributed by atoms with van der Waals surface area (Å²) in [7, 11) is 0. The van der Waals surface area contributed by atoms with Crippen LogP contribution >= 0.6 is 0 Å². The quantitative estimate of drug-likeness (QED) is 0.765. The highest BCUT2D eigenvalue weighted by molar-refractivity contribution is 6.17. The van der Waals surface area contributed by atoms with Crippen molar-refractivity contribution in [1.82, 2.24) is 5.32 Å². The van der Waals surface area contributed by atoms with Gasteiger partial charge in [-0.2, -0.15) is 0 Å². The number of hydrogen-bond acceptors (Lipinski definition) is 2. The van der Waals surface area contributed by atoms with E-state index in [0.717, 1.165) is 16.3 Å². The minimum Gasteiger partial charge on any atom is -0.309 e. The third-order valence-corrected chi connectivity index (χ3v) is 2.68. The number of carbonyl (C=O) groups excluding carboxylic acids is 1. The zero-order valence-electron chi connectivity index (χ0n) is 8.60. The summed E-state index contributed by atoms with van der Waals surface area (Å²) in [4.78, 5) is 15.3. The maximum atomic E-state index is 11.1. The Balaban J connectivity index is 2.20. The largest absolute Gasteiger partial charge is 0.309 e. The second kappa shape index (κ2) is 3.45. The van der Waals surface area contributed by atoms with E-state index >= 15 is 0 Å². The molecular weight excluding hydrogens is 200 g/mol. The molecule has 0 spiro atoms. The lowest BCUT2D eigenvalue weighted by atomic mass is 10.0. The topological polar surface area (TPSA) is 41.5 Å². The van der Waals surface area contributed by atoms with Gasteiger partial charge in [-0.25, -0.2) is 0 Å². The van der Waals surface area contributed by atoms with Crippen molar-refractivity contribution in [2.75, 3.05) is 6.54 Å². The molecule has 0 atom stereocenters. The second-order valence-corrected chi connectivity index (χ2v) is 3.74. The molecule has 0 fully saturated rings. The Bertz CT molecular complexity index is 596. The lowest BCUT2D eigenvalue weighted by Gasteiger charge is -2.05. The monoisotopic (exact) mass is 210 g/mol. The molecule has 0 aromatic heterocycles. The number of hydrogen-bond donors (Lipinski definition) is 1. The summed E-state index contributed by atoms with van der Waals surface area (Å²) >= 11 is 0. The Morgan fingerprint density at radius 3 is 2.69 bits per heavy atom. The minimum absolute atomic E-state index is 0.0389. The summed E-state index contributed by atoms with van der Waals surface area (Å²) in [5, 5.41) is 5.05. The van der Waals surface area contributed by atoms with Crippen molar-refractivity contribution in [3.8, 4) is 0 Å². The van der Waals surface area contributed by atoms with Crippen molar-refractivity contribution in [3.63, 3.8) is 0 Å². The molecule has 0 radical (unpaired) electrons. The van der Waals surface area contributed by atoms with Gasteiger partial charge >= 0.3 is 0 Å². The fraction of sp³-hybridized carbons (Fsp3) is 0.0769. The highest BCUT2D eigenvalue weighted by Gasteiger charge is 2.16. The summed E-state index contributed by atoms with van der Waals surface area (Å²) in [6.07, 6.45) is 0. The van der Waals surface area contributed by atoms with E-state index in [9.17, 15) is 4.79 Å². The molecule has 2 aromatic rings. The third-order valence-electron chi connectivity index (χ3n) is 2.68. The smallest absolute Gasteiger partial charge is 0.247 e. The number of carbonyl (C=O) groups is 1. The lowest BCUT2D eigenvalue weighted by Crippen LogP contribution is -2.25. The molecule has 0 saturated carbocycles. The first-order chi connectivity index (χ1) is 7.84. The Morgan fingerprint density at radius 2 is 1.88 bits per heavy atom. The van der Waals surface area contributed by atoms with Crippen molar-refractivity contribution >= 4 is 22.5 Å². The lowest BCUT2D eigenvalue weighted by molar-refractivity contribution is -0.117. The van der Waals surface area contributed by atoms with Gasteiger partial charge in [0, 0.05) is 5.56 Å². The predicted octanol–water partition coefficient (Wildman–Crippen LogP) is 1.72. The van der Waals surface area contributed by atoms with Crippen LogP contribution < -0.4 is 5.32 Å². The van der Waals surface area contributed by atoms with E-state index in [1.54, 1.807) is 0 Å². The summed E-state index contributed by atoms with van der Waals surface area (Å²) in [6.45, 7) is 0.235. The molecule has 78 valence electrons. The number of benzene rings is 2. The van der Waals surface area contributed by atoms with Gasteiger partial charge in [0.25, 0.3) is 0 Å². The molecule has 0 bridgehead atoms. The summed E-state index contributed by atoms with van der Waals surface area (Å²) in [5.74, 6) is 0.643. The maximum Gasteiger partial charge on any atom is 0.247 e.